The molecule has 1 aromatic heterocycles. The maximum absolute atomic E-state index is 13.1. The monoisotopic (exact) mass is 452 g/mol. The summed E-state index contributed by atoms with van der Waals surface area (Å²) in [5.74, 6) is 0.0873. The number of fused-ring (bicyclic) bond motifs is 1. The molecule has 7 nitrogen and oxygen atoms in total. The van der Waals surface area contributed by atoms with Gasteiger partial charge in [-0.25, -0.2) is 0 Å². The standard InChI is InChI=1S/C21H26Cl2N4O3/c1-2-9-27-14-17(23)19(25-27)21(29)26-10-4-3-8-24-20(28)16-13-15(22)6-7-18(16)30-12-5-11-26/h6-7,13-14H,2-5,8-12H2,1H3,(H,24,28). The Morgan fingerprint density at radius 2 is 2.03 bits per heavy atom. The predicted molar refractivity (Wildman–Crippen MR) is 117 cm³/mol. The number of hydrogen-bond acceptors (Lipinski definition) is 4. The van der Waals surface area contributed by atoms with Gasteiger partial charge in [0.25, 0.3) is 11.8 Å². The molecule has 0 atom stereocenters. The van der Waals surface area contributed by atoms with E-state index >= 15 is 0 Å². The van der Waals surface area contributed by atoms with Crippen molar-refractivity contribution in [3.8, 4) is 5.75 Å². The van der Waals surface area contributed by atoms with Crippen molar-refractivity contribution in [2.75, 3.05) is 26.2 Å². The van der Waals surface area contributed by atoms with E-state index in [1.54, 1.807) is 34.0 Å². The highest BCUT2D eigenvalue weighted by Crippen LogP contribution is 2.23. The van der Waals surface area contributed by atoms with Crippen molar-refractivity contribution in [1.82, 2.24) is 20.0 Å². The number of carbonyl (C=O) groups is 2. The number of nitrogens with zero attached hydrogens (tertiary/aromatic N) is 3. The minimum absolute atomic E-state index is 0.180. The van der Waals surface area contributed by atoms with Crippen molar-refractivity contribution < 1.29 is 14.3 Å². The first-order valence-electron chi connectivity index (χ1n) is 10.2. The third kappa shape index (κ3) is 5.67. The predicted octanol–water partition coefficient (Wildman–Crippen LogP) is 4.03. The van der Waals surface area contributed by atoms with Crippen LogP contribution in [0.3, 0.4) is 0 Å². The van der Waals surface area contributed by atoms with Gasteiger partial charge in [-0.1, -0.05) is 30.1 Å². The molecule has 0 unspecified atom stereocenters. The summed E-state index contributed by atoms with van der Waals surface area (Å²) in [6, 6.07) is 4.99. The normalized spacial score (nSPS) is 15.8. The number of benzene rings is 1. The summed E-state index contributed by atoms with van der Waals surface area (Å²) in [7, 11) is 0. The maximum Gasteiger partial charge on any atom is 0.275 e. The minimum atomic E-state index is -0.215. The molecule has 0 fully saturated rings. The van der Waals surface area contributed by atoms with Gasteiger partial charge >= 0.3 is 0 Å². The van der Waals surface area contributed by atoms with Gasteiger partial charge in [0.2, 0.25) is 0 Å². The van der Waals surface area contributed by atoms with Crippen LogP contribution < -0.4 is 10.1 Å². The van der Waals surface area contributed by atoms with E-state index in [0.717, 1.165) is 19.3 Å². The fraction of sp³-hybridized carbons (Fsp3) is 0.476. The second-order valence-corrected chi connectivity index (χ2v) is 8.03. The SMILES string of the molecule is CCCn1cc(Cl)c(C(=O)N2CCCCNC(=O)c3cc(Cl)ccc3OCCC2)n1. The Bertz CT molecular complexity index is 900. The lowest BCUT2D eigenvalue weighted by atomic mass is 10.2. The van der Waals surface area contributed by atoms with Gasteiger partial charge in [0.15, 0.2) is 5.69 Å². The first-order chi connectivity index (χ1) is 14.5. The van der Waals surface area contributed by atoms with E-state index in [1.807, 2.05) is 6.92 Å². The largest absolute Gasteiger partial charge is 0.493 e. The van der Waals surface area contributed by atoms with E-state index in [9.17, 15) is 9.59 Å². The number of rotatable bonds is 3. The maximum atomic E-state index is 13.1. The zero-order valence-corrected chi connectivity index (χ0v) is 18.5. The van der Waals surface area contributed by atoms with Crippen LogP contribution >= 0.6 is 23.2 Å². The Morgan fingerprint density at radius 1 is 1.23 bits per heavy atom. The van der Waals surface area contributed by atoms with Crippen LogP contribution in [0.1, 0.15) is 53.5 Å². The zero-order chi connectivity index (χ0) is 21.5. The summed E-state index contributed by atoms with van der Waals surface area (Å²) >= 11 is 12.3. The molecule has 9 heteroatoms. The Morgan fingerprint density at radius 3 is 2.83 bits per heavy atom. The highest BCUT2D eigenvalue weighted by Gasteiger charge is 2.22. The first kappa shape index (κ1) is 22.4. The molecule has 1 N–H and O–H groups in total. The van der Waals surface area contributed by atoms with Crippen molar-refractivity contribution in [2.24, 2.45) is 0 Å². The molecule has 30 heavy (non-hydrogen) atoms. The van der Waals surface area contributed by atoms with Crippen LogP contribution in [0.4, 0.5) is 0 Å². The highest BCUT2D eigenvalue weighted by atomic mass is 35.5. The number of carbonyl (C=O) groups excluding carboxylic acids is 2. The molecule has 0 saturated carbocycles. The fourth-order valence-electron chi connectivity index (χ4n) is 3.32. The second-order valence-electron chi connectivity index (χ2n) is 7.19. The van der Waals surface area contributed by atoms with E-state index in [-0.39, 0.29) is 17.5 Å². The summed E-state index contributed by atoms with van der Waals surface area (Å²) < 4.78 is 7.52. The van der Waals surface area contributed by atoms with Gasteiger partial charge < -0.3 is 15.0 Å². The average Bonchev–Trinajstić information content (AvgIpc) is 3.09. The molecule has 2 aromatic rings. The Hall–Kier alpha value is -2.25. The average molecular weight is 453 g/mol. The molecule has 3 rings (SSSR count). The highest BCUT2D eigenvalue weighted by molar-refractivity contribution is 6.33. The van der Waals surface area contributed by atoms with Crippen LogP contribution in [-0.2, 0) is 6.54 Å². The molecule has 0 aliphatic carbocycles. The quantitative estimate of drug-likeness (QED) is 0.762. The lowest BCUT2D eigenvalue weighted by Crippen LogP contribution is -2.34. The summed E-state index contributed by atoms with van der Waals surface area (Å²) in [5, 5.41) is 8.09. The number of halogens is 2. The number of nitrogens with one attached hydrogen (secondary N) is 1. The number of hydrogen-bond donors (Lipinski definition) is 1. The lowest BCUT2D eigenvalue weighted by molar-refractivity contribution is 0.0736. The van der Waals surface area contributed by atoms with Crippen LogP contribution in [0.2, 0.25) is 10.0 Å². The Kier molecular flexibility index (Phi) is 7.99. The summed E-state index contributed by atoms with van der Waals surface area (Å²) in [4.78, 5) is 27.3. The van der Waals surface area contributed by atoms with Crippen LogP contribution in [-0.4, -0.2) is 52.7 Å². The summed E-state index contributed by atoms with van der Waals surface area (Å²) in [5.41, 5.74) is 0.701. The molecule has 0 saturated heterocycles. The van der Waals surface area contributed by atoms with Gasteiger partial charge in [-0.15, -0.1) is 0 Å². The van der Waals surface area contributed by atoms with Crippen LogP contribution in [0.25, 0.3) is 0 Å². The minimum Gasteiger partial charge on any atom is -0.493 e. The van der Waals surface area contributed by atoms with Crippen molar-refractivity contribution in [3.05, 3.63) is 45.7 Å². The van der Waals surface area contributed by atoms with Crippen molar-refractivity contribution in [2.45, 2.75) is 39.2 Å². The van der Waals surface area contributed by atoms with E-state index in [2.05, 4.69) is 10.4 Å². The third-order valence-electron chi connectivity index (χ3n) is 4.82. The molecule has 162 valence electrons. The summed E-state index contributed by atoms with van der Waals surface area (Å²) in [6.45, 7) is 4.69. The molecule has 0 radical (unpaired) electrons. The van der Waals surface area contributed by atoms with Gasteiger partial charge in [0.1, 0.15) is 5.75 Å². The van der Waals surface area contributed by atoms with Crippen LogP contribution in [0.5, 0.6) is 5.75 Å². The molecule has 1 aliphatic rings. The molecule has 1 aromatic carbocycles. The van der Waals surface area contributed by atoms with E-state index < -0.39 is 0 Å². The zero-order valence-electron chi connectivity index (χ0n) is 17.0. The number of aryl methyl sites for hydroxylation is 1. The van der Waals surface area contributed by atoms with Crippen molar-refractivity contribution >= 4 is 35.0 Å². The fourth-order valence-corrected chi connectivity index (χ4v) is 3.72. The smallest absolute Gasteiger partial charge is 0.275 e. The van der Waals surface area contributed by atoms with Gasteiger partial charge in [0.05, 0.1) is 17.2 Å². The molecule has 0 bridgehead atoms. The van der Waals surface area contributed by atoms with Gasteiger partial charge in [-0.3, -0.25) is 14.3 Å². The van der Waals surface area contributed by atoms with E-state index in [1.165, 1.54) is 0 Å². The number of amides is 2. The molecular weight excluding hydrogens is 427 g/mol. The van der Waals surface area contributed by atoms with Crippen molar-refractivity contribution in [1.29, 1.82) is 0 Å². The molecule has 0 spiro atoms. The van der Waals surface area contributed by atoms with Gasteiger partial charge in [-0.2, -0.15) is 5.10 Å². The number of aromatic nitrogens is 2. The topological polar surface area (TPSA) is 76.5 Å². The van der Waals surface area contributed by atoms with E-state index in [4.69, 9.17) is 27.9 Å². The number of ether oxygens (including phenoxy) is 1. The van der Waals surface area contributed by atoms with Crippen LogP contribution in [0.15, 0.2) is 24.4 Å². The van der Waals surface area contributed by atoms with Crippen molar-refractivity contribution in [3.63, 3.8) is 0 Å². The lowest BCUT2D eigenvalue weighted by Gasteiger charge is -2.22. The third-order valence-corrected chi connectivity index (χ3v) is 5.33. The first-order valence-corrected chi connectivity index (χ1v) is 11.0. The Labute approximate surface area is 186 Å². The molecule has 1 aliphatic heterocycles. The van der Waals surface area contributed by atoms with Gasteiger partial charge in [-0.05, 0) is 43.9 Å². The Balaban J connectivity index is 1.72. The molecular formula is C21H26Cl2N4O3. The summed E-state index contributed by atoms with van der Waals surface area (Å²) in [6.07, 6.45) is 4.71. The van der Waals surface area contributed by atoms with Crippen LogP contribution in [0, 0.1) is 0 Å². The molecule has 2 amide bonds. The second kappa shape index (κ2) is 10.7. The molecule has 2 heterocycles. The van der Waals surface area contributed by atoms with Gasteiger partial charge in [0, 0.05) is 37.4 Å². The van der Waals surface area contributed by atoms with E-state index in [0.29, 0.717) is 60.6 Å².